The SMILES string of the molecule is O=C(OCC(=O)c1ccc[nH]1)c1ccc(CNS(=O)(=O)c2ccc(F)c(Cl)c2)cc1. The van der Waals surface area contributed by atoms with Crippen LogP contribution in [0.15, 0.2) is 65.7 Å². The Morgan fingerprint density at radius 1 is 1.10 bits per heavy atom. The first-order valence-corrected chi connectivity index (χ1v) is 10.5. The van der Waals surface area contributed by atoms with Crippen molar-refractivity contribution in [2.75, 3.05) is 6.61 Å². The molecular weight excluding hydrogens is 435 g/mol. The zero-order valence-electron chi connectivity index (χ0n) is 15.4. The third-order valence-corrected chi connectivity index (χ3v) is 5.78. The number of ketones is 1. The number of H-pyrrole nitrogens is 1. The second kappa shape index (κ2) is 9.21. The van der Waals surface area contributed by atoms with E-state index in [1.54, 1.807) is 30.5 Å². The Morgan fingerprint density at radius 2 is 1.83 bits per heavy atom. The number of Topliss-reactive ketones (excluding diaryl/α,β-unsaturated/α-hetero) is 1. The monoisotopic (exact) mass is 450 g/mol. The van der Waals surface area contributed by atoms with Gasteiger partial charge < -0.3 is 9.72 Å². The van der Waals surface area contributed by atoms with Gasteiger partial charge in [-0.1, -0.05) is 23.7 Å². The van der Waals surface area contributed by atoms with E-state index in [9.17, 15) is 22.4 Å². The first kappa shape index (κ1) is 21.7. The molecule has 30 heavy (non-hydrogen) atoms. The predicted molar refractivity (Wildman–Crippen MR) is 107 cm³/mol. The normalized spacial score (nSPS) is 11.3. The van der Waals surface area contributed by atoms with Crippen molar-refractivity contribution in [3.05, 3.63) is 88.5 Å². The number of ether oxygens (including phenoxy) is 1. The third kappa shape index (κ3) is 5.32. The van der Waals surface area contributed by atoms with E-state index in [1.165, 1.54) is 12.1 Å². The molecule has 0 saturated heterocycles. The number of hydrogen-bond donors (Lipinski definition) is 2. The lowest BCUT2D eigenvalue weighted by molar-refractivity contribution is 0.0473. The summed E-state index contributed by atoms with van der Waals surface area (Å²) < 4.78 is 45.1. The first-order chi connectivity index (χ1) is 14.3. The number of halogens is 2. The minimum atomic E-state index is -3.90. The maximum Gasteiger partial charge on any atom is 0.338 e. The number of nitrogens with one attached hydrogen (secondary N) is 2. The highest BCUT2D eigenvalue weighted by Crippen LogP contribution is 2.19. The second-order valence-corrected chi connectivity index (χ2v) is 8.35. The van der Waals surface area contributed by atoms with Gasteiger partial charge in [0.05, 0.1) is 21.2 Å². The van der Waals surface area contributed by atoms with Gasteiger partial charge in [-0.2, -0.15) is 0 Å². The van der Waals surface area contributed by atoms with Gasteiger partial charge in [0.15, 0.2) is 6.61 Å². The fourth-order valence-electron chi connectivity index (χ4n) is 2.46. The summed E-state index contributed by atoms with van der Waals surface area (Å²) in [7, 11) is -3.90. The summed E-state index contributed by atoms with van der Waals surface area (Å²) in [5.41, 5.74) is 1.13. The van der Waals surface area contributed by atoms with Crippen molar-refractivity contribution >= 4 is 33.4 Å². The molecule has 0 amide bonds. The van der Waals surface area contributed by atoms with Crippen LogP contribution in [0.25, 0.3) is 0 Å². The molecule has 0 radical (unpaired) electrons. The highest BCUT2D eigenvalue weighted by Gasteiger charge is 2.16. The summed E-state index contributed by atoms with van der Waals surface area (Å²) in [5.74, 6) is -1.75. The summed E-state index contributed by atoms with van der Waals surface area (Å²) in [6, 6.07) is 12.3. The quantitative estimate of drug-likeness (QED) is 0.404. The maximum atomic E-state index is 13.2. The number of sulfonamides is 1. The maximum absolute atomic E-state index is 13.2. The molecule has 2 N–H and O–H groups in total. The molecule has 3 rings (SSSR count). The molecule has 0 saturated carbocycles. The Balaban J connectivity index is 1.56. The number of hydrogen-bond acceptors (Lipinski definition) is 5. The Hall–Kier alpha value is -3.01. The van der Waals surface area contributed by atoms with Crippen LogP contribution in [-0.4, -0.2) is 31.8 Å². The number of benzene rings is 2. The van der Waals surface area contributed by atoms with E-state index >= 15 is 0 Å². The van der Waals surface area contributed by atoms with Crippen molar-refractivity contribution in [3.63, 3.8) is 0 Å². The molecule has 0 fully saturated rings. The zero-order chi connectivity index (χ0) is 21.7. The lowest BCUT2D eigenvalue weighted by Gasteiger charge is -2.08. The molecule has 0 unspecified atom stereocenters. The van der Waals surface area contributed by atoms with E-state index in [2.05, 4.69) is 9.71 Å². The van der Waals surface area contributed by atoms with Gasteiger partial charge in [0.25, 0.3) is 0 Å². The van der Waals surface area contributed by atoms with E-state index in [0.29, 0.717) is 11.3 Å². The summed E-state index contributed by atoms with van der Waals surface area (Å²) in [6.45, 7) is -0.459. The van der Waals surface area contributed by atoms with Gasteiger partial charge in [0, 0.05) is 12.7 Å². The van der Waals surface area contributed by atoms with Gasteiger partial charge >= 0.3 is 5.97 Å². The third-order valence-electron chi connectivity index (χ3n) is 4.09. The average Bonchev–Trinajstić information content (AvgIpc) is 3.27. The minimum Gasteiger partial charge on any atom is -0.454 e. The largest absolute Gasteiger partial charge is 0.454 e. The molecule has 0 atom stereocenters. The lowest BCUT2D eigenvalue weighted by Crippen LogP contribution is -2.23. The Bertz CT molecular complexity index is 1160. The Morgan fingerprint density at radius 3 is 2.47 bits per heavy atom. The number of rotatable bonds is 8. The van der Waals surface area contributed by atoms with E-state index in [-0.39, 0.29) is 27.8 Å². The highest BCUT2D eigenvalue weighted by atomic mass is 35.5. The van der Waals surface area contributed by atoms with Crippen molar-refractivity contribution in [2.45, 2.75) is 11.4 Å². The minimum absolute atomic E-state index is 0.0576. The first-order valence-electron chi connectivity index (χ1n) is 8.63. The van der Waals surface area contributed by atoms with E-state index in [4.69, 9.17) is 16.3 Å². The number of carbonyl (C=O) groups is 2. The molecule has 1 aromatic heterocycles. The molecule has 0 aliphatic carbocycles. The number of esters is 1. The fraction of sp³-hybridized carbons (Fsp3) is 0.100. The van der Waals surface area contributed by atoms with Gasteiger partial charge in [-0.25, -0.2) is 22.3 Å². The van der Waals surface area contributed by atoms with Crippen molar-refractivity contribution in [1.82, 2.24) is 9.71 Å². The molecule has 0 aliphatic heterocycles. The zero-order valence-corrected chi connectivity index (χ0v) is 17.0. The van der Waals surface area contributed by atoms with Gasteiger partial charge in [0.2, 0.25) is 15.8 Å². The fourth-order valence-corrected chi connectivity index (χ4v) is 3.75. The van der Waals surface area contributed by atoms with Crippen molar-refractivity contribution < 1.29 is 27.1 Å². The van der Waals surface area contributed by atoms with Crippen molar-refractivity contribution in [3.8, 4) is 0 Å². The summed E-state index contributed by atoms with van der Waals surface area (Å²) >= 11 is 5.62. The molecule has 10 heteroatoms. The van der Waals surface area contributed by atoms with Gasteiger partial charge in [-0.15, -0.1) is 0 Å². The Kier molecular flexibility index (Phi) is 6.66. The van der Waals surface area contributed by atoms with Crippen LogP contribution in [0.5, 0.6) is 0 Å². The van der Waals surface area contributed by atoms with Crippen molar-refractivity contribution in [2.24, 2.45) is 0 Å². The van der Waals surface area contributed by atoms with Crippen LogP contribution in [0, 0.1) is 5.82 Å². The average molecular weight is 451 g/mol. The van der Waals surface area contributed by atoms with Crippen LogP contribution < -0.4 is 4.72 Å². The van der Waals surface area contributed by atoms with E-state index in [0.717, 1.165) is 18.2 Å². The molecule has 0 aliphatic rings. The van der Waals surface area contributed by atoms with Crippen LogP contribution in [0.1, 0.15) is 26.4 Å². The van der Waals surface area contributed by atoms with Gasteiger partial charge in [-0.05, 0) is 48.0 Å². The standard InChI is InChI=1S/C20H16ClFN2O5S/c21-16-10-15(7-8-17(16)22)30(27,28)24-11-13-3-5-14(6-4-13)20(26)29-12-19(25)18-2-1-9-23-18/h1-10,23-24H,11-12H2. The highest BCUT2D eigenvalue weighted by molar-refractivity contribution is 7.89. The molecular formula is C20H16ClFN2O5S. The van der Waals surface area contributed by atoms with E-state index in [1.807, 2.05) is 0 Å². The van der Waals surface area contributed by atoms with Crippen LogP contribution in [-0.2, 0) is 21.3 Å². The van der Waals surface area contributed by atoms with Gasteiger partial charge in [-0.3, -0.25) is 4.79 Å². The molecule has 3 aromatic rings. The molecule has 7 nitrogen and oxygen atoms in total. The summed E-state index contributed by atoms with van der Waals surface area (Å²) in [4.78, 5) is 26.4. The van der Waals surface area contributed by atoms with E-state index < -0.39 is 28.4 Å². The van der Waals surface area contributed by atoms with Crippen molar-refractivity contribution in [1.29, 1.82) is 0 Å². The number of carbonyl (C=O) groups excluding carboxylic acids is 2. The van der Waals surface area contributed by atoms with Gasteiger partial charge in [0.1, 0.15) is 5.82 Å². The smallest absolute Gasteiger partial charge is 0.338 e. The lowest BCUT2D eigenvalue weighted by atomic mass is 10.1. The Labute approximate surface area is 176 Å². The molecule has 2 aromatic carbocycles. The number of aromatic nitrogens is 1. The molecule has 0 spiro atoms. The van der Waals surface area contributed by atoms with Crippen LogP contribution >= 0.6 is 11.6 Å². The topological polar surface area (TPSA) is 105 Å². The molecule has 0 bridgehead atoms. The van der Waals surface area contributed by atoms with Crippen LogP contribution in [0.3, 0.4) is 0 Å². The molecule has 156 valence electrons. The van der Waals surface area contributed by atoms with Crippen LogP contribution in [0.2, 0.25) is 5.02 Å². The number of aromatic amines is 1. The predicted octanol–water partition coefficient (Wildman–Crippen LogP) is 3.33. The summed E-state index contributed by atoms with van der Waals surface area (Å²) in [5, 5.41) is -0.296. The second-order valence-electron chi connectivity index (χ2n) is 6.18. The summed E-state index contributed by atoms with van der Waals surface area (Å²) in [6.07, 6.45) is 1.59. The molecule has 1 heterocycles. The van der Waals surface area contributed by atoms with Crippen LogP contribution in [0.4, 0.5) is 4.39 Å².